The number of methoxy groups -OCH3 is 2. The predicted molar refractivity (Wildman–Crippen MR) is 109 cm³/mol. The fraction of sp³-hybridized carbons (Fsp3) is 0.273. The van der Waals surface area contributed by atoms with Crippen molar-refractivity contribution in [3.63, 3.8) is 0 Å². The highest BCUT2D eigenvalue weighted by Crippen LogP contribution is 2.35. The summed E-state index contributed by atoms with van der Waals surface area (Å²) >= 11 is 0. The summed E-state index contributed by atoms with van der Waals surface area (Å²) in [7, 11) is 3.20. The van der Waals surface area contributed by atoms with Crippen LogP contribution in [0.3, 0.4) is 0 Å². The van der Waals surface area contributed by atoms with Gasteiger partial charge in [-0.2, -0.15) is 5.10 Å². The van der Waals surface area contributed by atoms with Crippen LogP contribution in [0, 0.1) is 0 Å². The van der Waals surface area contributed by atoms with E-state index >= 15 is 0 Å². The lowest BCUT2D eigenvalue weighted by molar-refractivity contribution is 0.0954. The van der Waals surface area contributed by atoms with Gasteiger partial charge in [0.2, 0.25) is 0 Å². The molecule has 1 aromatic heterocycles. The van der Waals surface area contributed by atoms with E-state index in [0.29, 0.717) is 34.9 Å². The van der Waals surface area contributed by atoms with Crippen molar-refractivity contribution < 1.29 is 14.3 Å². The molecule has 1 heterocycles. The molecule has 0 aliphatic rings. The van der Waals surface area contributed by atoms with E-state index in [1.807, 2.05) is 48.5 Å². The van der Waals surface area contributed by atoms with Gasteiger partial charge in [-0.15, -0.1) is 0 Å². The molecule has 0 radical (unpaired) electrons. The highest BCUT2D eigenvalue weighted by Gasteiger charge is 2.21. The van der Waals surface area contributed by atoms with E-state index < -0.39 is 0 Å². The zero-order valence-electron chi connectivity index (χ0n) is 16.4. The fourth-order valence-corrected chi connectivity index (χ4v) is 2.93. The smallest absolute Gasteiger partial charge is 0.255 e. The van der Waals surface area contributed by atoms with Crippen LogP contribution in [0.15, 0.2) is 54.7 Å². The van der Waals surface area contributed by atoms with Crippen molar-refractivity contribution in [1.82, 2.24) is 15.1 Å². The largest absolute Gasteiger partial charge is 0.497 e. The van der Waals surface area contributed by atoms with Gasteiger partial charge in [0.05, 0.1) is 25.5 Å². The molecule has 146 valence electrons. The highest BCUT2D eigenvalue weighted by molar-refractivity contribution is 6.00. The summed E-state index contributed by atoms with van der Waals surface area (Å²) in [5.74, 6) is 1.14. The number of nitrogens with zero attached hydrogens (tertiary/aromatic N) is 2. The highest BCUT2D eigenvalue weighted by atomic mass is 16.5. The first-order valence-corrected chi connectivity index (χ1v) is 9.33. The topological polar surface area (TPSA) is 65.4 Å². The van der Waals surface area contributed by atoms with E-state index in [9.17, 15) is 4.79 Å². The van der Waals surface area contributed by atoms with E-state index in [1.165, 1.54) is 0 Å². The minimum atomic E-state index is -0.157. The van der Waals surface area contributed by atoms with Crippen LogP contribution in [0.4, 0.5) is 0 Å². The van der Waals surface area contributed by atoms with Crippen molar-refractivity contribution in [3.8, 4) is 28.4 Å². The summed E-state index contributed by atoms with van der Waals surface area (Å²) in [5, 5.41) is 7.68. The summed E-state index contributed by atoms with van der Waals surface area (Å²) < 4.78 is 12.6. The molecule has 0 saturated carbocycles. The zero-order valence-corrected chi connectivity index (χ0v) is 16.4. The molecule has 0 fully saturated rings. The molecule has 0 saturated heterocycles. The number of unbranched alkanes of at least 4 members (excludes halogenated alkanes) is 1. The molecule has 0 bridgehead atoms. The van der Waals surface area contributed by atoms with Gasteiger partial charge in [0.15, 0.2) is 0 Å². The second kappa shape index (κ2) is 9.08. The van der Waals surface area contributed by atoms with Crippen molar-refractivity contribution in [2.24, 2.45) is 0 Å². The van der Waals surface area contributed by atoms with Gasteiger partial charge in [0.25, 0.3) is 5.91 Å². The maximum Gasteiger partial charge on any atom is 0.255 e. The zero-order chi connectivity index (χ0) is 19.9. The molecule has 0 aliphatic carbocycles. The van der Waals surface area contributed by atoms with Crippen LogP contribution >= 0.6 is 0 Å². The van der Waals surface area contributed by atoms with Crippen molar-refractivity contribution in [2.45, 2.75) is 19.8 Å². The van der Waals surface area contributed by atoms with E-state index in [-0.39, 0.29) is 5.91 Å². The predicted octanol–water partition coefficient (Wildman–Crippen LogP) is 4.09. The van der Waals surface area contributed by atoms with Gasteiger partial charge in [-0.05, 0) is 36.8 Å². The molecule has 0 spiro atoms. The second-order valence-electron chi connectivity index (χ2n) is 6.35. The Kier molecular flexibility index (Phi) is 6.32. The van der Waals surface area contributed by atoms with Crippen molar-refractivity contribution >= 4 is 5.91 Å². The molecular weight excluding hydrogens is 354 g/mol. The quantitative estimate of drug-likeness (QED) is 0.599. The first-order valence-electron chi connectivity index (χ1n) is 9.33. The number of para-hydroxylation sites is 1. The monoisotopic (exact) mass is 379 g/mol. The van der Waals surface area contributed by atoms with E-state index in [1.54, 1.807) is 25.1 Å². The number of hydrogen-bond acceptors (Lipinski definition) is 4. The molecule has 1 N–H and O–H groups in total. The van der Waals surface area contributed by atoms with Gasteiger partial charge in [-0.1, -0.05) is 31.5 Å². The van der Waals surface area contributed by atoms with Gasteiger partial charge >= 0.3 is 0 Å². The molecule has 0 unspecified atom stereocenters. The molecule has 2 aromatic carbocycles. The fourth-order valence-electron chi connectivity index (χ4n) is 2.93. The molecule has 6 nitrogen and oxygen atoms in total. The third-order valence-electron chi connectivity index (χ3n) is 4.46. The molecule has 0 atom stereocenters. The van der Waals surface area contributed by atoms with Crippen molar-refractivity contribution in [2.75, 3.05) is 20.8 Å². The third kappa shape index (κ3) is 4.17. The van der Waals surface area contributed by atoms with E-state index in [0.717, 1.165) is 18.5 Å². The number of benzene rings is 2. The Bertz CT molecular complexity index is 935. The number of rotatable bonds is 8. The number of carbonyl (C=O) groups is 1. The second-order valence-corrected chi connectivity index (χ2v) is 6.35. The van der Waals surface area contributed by atoms with E-state index in [4.69, 9.17) is 14.6 Å². The molecule has 0 aliphatic heterocycles. The Balaban J connectivity index is 2.10. The Morgan fingerprint density at radius 2 is 1.89 bits per heavy atom. The Morgan fingerprint density at radius 1 is 1.11 bits per heavy atom. The summed E-state index contributed by atoms with van der Waals surface area (Å²) in [6.45, 7) is 2.71. The molecule has 3 aromatic rings. The number of amides is 1. The van der Waals surface area contributed by atoms with Crippen LogP contribution in [-0.4, -0.2) is 36.5 Å². The summed E-state index contributed by atoms with van der Waals surface area (Å²) in [5.41, 5.74) is 2.62. The van der Waals surface area contributed by atoms with Crippen molar-refractivity contribution in [3.05, 3.63) is 60.3 Å². The minimum absolute atomic E-state index is 0.157. The van der Waals surface area contributed by atoms with Crippen LogP contribution in [-0.2, 0) is 0 Å². The summed E-state index contributed by atoms with van der Waals surface area (Å²) in [6, 6.07) is 15.2. The van der Waals surface area contributed by atoms with Gasteiger partial charge in [0, 0.05) is 18.3 Å². The number of aromatic nitrogens is 2. The standard InChI is InChI=1S/C22H25N3O3/c1-4-5-13-23-22(26)19-15-25(16-9-7-6-8-10-16)24-21(19)18-14-17(27-2)11-12-20(18)28-3/h6-12,14-15H,4-5,13H2,1-3H3,(H,23,26). The first kappa shape index (κ1) is 19.5. The number of nitrogens with one attached hydrogen (secondary N) is 1. The maximum absolute atomic E-state index is 12.9. The van der Waals surface area contributed by atoms with E-state index in [2.05, 4.69) is 12.2 Å². The Morgan fingerprint density at radius 3 is 2.57 bits per heavy atom. The Hall–Kier alpha value is -3.28. The van der Waals surface area contributed by atoms with Crippen LogP contribution in [0.25, 0.3) is 16.9 Å². The van der Waals surface area contributed by atoms with Gasteiger partial charge < -0.3 is 14.8 Å². The molecule has 28 heavy (non-hydrogen) atoms. The lowest BCUT2D eigenvalue weighted by atomic mass is 10.1. The van der Waals surface area contributed by atoms with Gasteiger partial charge in [-0.3, -0.25) is 4.79 Å². The molecule has 3 rings (SSSR count). The van der Waals surface area contributed by atoms with Gasteiger partial charge in [0.1, 0.15) is 17.2 Å². The van der Waals surface area contributed by atoms with Crippen LogP contribution < -0.4 is 14.8 Å². The summed E-state index contributed by atoms with van der Waals surface area (Å²) in [6.07, 6.45) is 3.70. The van der Waals surface area contributed by atoms with Crippen LogP contribution in [0.2, 0.25) is 0 Å². The number of hydrogen-bond donors (Lipinski definition) is 1. The minimum Gasteiger partial charge on any atom is -0.497 e. The lowest BCUT2D eigenvalue weighted by Gasteiger charge is -2.10. The number of ether oxygens (including phenoxy) is 2. The maximum atomic E-state index is 12.9. The van der Waals surface area contributed by atoms with Crippen molar-refractivity contribution in [1.29, 1.82) is 0 Å². The van der Waals surface area contributed by atoms with Crippen LogP contribution in [0.5, 0.6) is 11.5 Å². The molecule has 6 heteroatoms. The number of carbonyl (C=O) groups excluding carboxylic acids is 1. The molecular formula is C22H25N3O3. The van der Waals surface area contributed by atoms with Gasteiger partial charge in [-0.25, -0.2) is 4.68 Å². The first-order chi connectivity index (χ1) is 13.7. The Labute approximate surface area is 165 Å². The third-order valence-corrected chi connectivity index (χ3v) is 4.46. The normalized spacial score (nSPS) is 10.5. The SMILES string of the molecule is CCCCNC(=O)c1cn(-c2ccccc2)nc1-c1cc(OC)ccc1OC. The lowest BCUT2D eigenvalue weighted by Crippen LogP contribution is -2.24. The average Bonchev–Trinajstić information content (AvgIpc) is 3.19. The van der Waals surface area contributed by atoms with Crippen LogP contribution in [0.1, 0.15) is 30.1 Å². The molecule has 1 amide bonds. The average molecular weight is 379 g/mol. The summed E-state index contributed by atoms with van der Waals surface area (Å²) in [4.78, 5) is 12.9.